The lowest BCUT2D eigenvalue weighted by atomic mass is 9.80. The van der Waals surface area contributed by atoms with Gasteiger partial charge in [0.05, 0.1) is 0 Å². The molecule has 0 aromatic heterocycles. The Balaban J connectivity index is 1.65. The third kappa shape index (κ3) is 4.71. The molecule has 1 saturated carbocycles. The predicted octanol–water partition coefficient (Wildman–Crippen LogP) is 2.71. The molecular weight excluding hydrogens is 246 g/mol. The lowest BCUT2D eigenvalue weighted by molar-refractivity contribution is 0.0973. The van der Waals surface area contributed by atoms with Crippen LogP contribution in [-0.4, -0.2) is 61.2 Å². The van der Waals surface area contributed by atoms with Crippen molar-refractivity contribution in [3.05, 3.63) is 0 Å². The zero-order valence-corrected chi connectivity index (χ0v) is 14.0. The SMILES string of the molecule is CC(C)N(C)CCCCN1CCNC2(CCCCC2)C1. The summed E-state index contributed by atoms with van der Waals surface area (Å²) in [5.41, 5.74) is 0.477. The average Bonchev–Trinajstić information content (AvgIpc) is 2.44. The number of rotatable bonds is 6. The van der Waals surface area contributed by atoms with Crippen molar-refractivity contribution < 1.29 is 0 Å². The Labute approximate surface area is 126 Å². The maximum Gasteiger partial charge on any atom is 0.0309 e. The molecule has 0 radical (unpaired) electrons. The molecule has 3 nitrogen and oxygen atoms in total. The topological polar surface area (TPSA) is 18.5 Å². The van der Waals surface area contributed by atoms with E-state index in [0.717, 1.165) is 0 Å². The Bertz CT molecular complexity index is 266. The predicted molar refractivity (Wildman–Crippen MR) is 87.3 cm³/mol. The van der Waals surface area contributed by atoms with E-state index in [4.69, 9.17) is 0 Å². The number of hydrogen-bond acceptors (Lipinski definition) is 3. The number of hydrogen-bond donors (Lipinski definition) is 1. The van der Waals surface area contributed by atoms with Crippen LogP contribution in [0.2, 0.25) is 0 Å². The summed E-state index contributed by atoms with van der Waals surface area (Å²) in [4.78, 5) is 5.18. The fourth-order valence-corrected chi connectivity index (χ4v) is 3.75. The van der Waals surface area contributed by atoms with E-state index >= 15 is 0 Å². The highest BCUT2D eigenvalue weighted by Gasteiger charge is 2.35. The first-order valence-electron chi connectivity index (χ1n) is 8.79. The van der Waals surface area contributed by atoms with Gasteiger partial charge in [-0.3, -0.25) is 0 Å². The third-order valence-electron chi connectivity index (χ3n) is 5.38. The second kappa shape index (κ2) is 7.77. The quantitative estimate of drug-likeness (QED) is 0.755. The molecule has 1 aliphatic heterocycles. The Morgan fingerprint density at radius 3 is 2.60 bits per heavy atom. The molecule has 0 unspecified atom stereocenters. The Morgan fingerprint density at radius 2 is 1.90 bits per heavy atom. The molecule has 1 aliphatic carbocycles. The lowest BCUT2D eigenvalue weighted by Gasteiger charge is -2.46. The van der Waals surface area contributed by atoms with Crippen LogP contribution in [0.15, 0.2) is 0 Å². The van der Waals surface area contributed by atoms with Crippen molar-refractivity contribution >= 4 is 0 Å². The molecule has 2 fully saturated rings. The third-order valence-corrected chi connectivity index (χ3v) is 5.38. The highest BCUT2D eigenvalue weighted by atomic mass is 15.2. The van der Waals surface area contributed by atoms with Gasteiger partial charge in [-0.05, 0) is 59.7 Å². The molecule has 118 valence electrons. The second-order valence-electron chi connectivity index (χ2n) is 7.33. The highest BCUT2D eigenvalue weighted by Crippen LogP contribution is 2.30. The van der Waals surface area contributed by atoms with E-state index in [9.17, 15) is 0 Å². The average molecular weight is 281 g/mol. The molecule has 20 heavy (non-hydrogen) atoms. The maximum absolute atomic E-state index is 3.84. The van der Waals surface area contributed by atoms with Crippen molar-refractivity contribution in [3.8, 4) is 0 Å². The van der Waals surface area contributed by atoms with Crippen molar-refractivity contribution in [3.63, 3.8) is 0 Å². The molecule has 1 heterocycles. The summed E-state index contributed by atoms with van der Waals surface area (Å²) in [6.45, 7) is 10.9. The first kappa shape index (κ1) is 16.3. The molecule has 1 saturated heterocycles. The lowest BCUT2D eigenvalue weighted by Crippen LogP contribution is -2.61. The van der Waals surface area contributed by atoms with Gasteiger partial charge in [0, 0.05) is 31.2 Å². The van der Waals surface area contributed by atoms with Crippen LogP contribution in [0.1, 0.15) is 58.8 Å². The molecule has 2 rings (SSSR count). The zero-order chi connectivity index (χ0) is 14.4. The van der Waals surface area contributed by atoms with Crippen molar-refractivity contribution in [1.82, 2.24) is 15.1 Å². The van der Waals surface area contributed by atoms with Crippen LogP contribution >= 0.6 is 0 Å². The molecule has 0 bridgehead atoms. The minimum Gasteiger partial charge on any atom is -0.309 e. The number of piperazine rings is 1. The summed E-state index contributed by atoms with van der Waals surface area (Å²) in [5.74, 6) is 0. The van der Waals surface area contributed by atoms with Gasteiger partial charge in [-0.25, -0.2) is 0 Å². The summed E-state index contributed by atoms with van der Waals surface area (Å²) in [5, 5.41) is 3.84. The molecular formula is C17H35N3. The van der Waals surface area contributed by atoms with E-state index in [-0.39, 0.29) is 0 Å². The van der Waals surface area contributed by atoms with E-state index < -0.39 is 0 Å². The van der Waals surface area contributed by atoms with Gasteiger partial charge < -0.3 is 15.1 Å². The number of nitrogens with zero attached hydrogens (tertiary/aromatic N) is 2. The van der Waals surface area contributed by atoms with Gasteiger partial charge in [-0.2, -0.15) is 0 Å². The molecule has 0 amide bonds. The number of nitrogens with one attached hydrogen (secondary N) is 1. The molecule has 1 spiro atoms. The highest BCUT2D eigenvalue weighted by molar-refractivity contribution is 4.96. The van der Waals surface area contributed by atoms with Crippen molar-refractivity contribution in [1.29, 1.82) is 0 Å². The summed E-state index contributed by atoms with van der Waals surface area (Å²) < 4.78 is 0. The summed E-state index contributed by atoms with van der Waals surface area (Å²) in [7, 11) is 2.24. The van der Waals surface area contributed by atoms with E-state index in [1.54, 1.807) is 0 Å². The molecule has 2 aliphatic rings. The summed E-state index contributed by atoms with van der Waals surface area (Å²) in [6, 6.07) is 0.680. The zero-order valence-electron chi connectivity index (χ0n) is 14.0. The molecule has 1 N–H and O–H groups in total. The van der Waals surface area contributed by atoms with Crippen molar-refractivity contribution in [2.75, 3.05) is 39.8 Å². The van der Waals surface area contributed by atoms with Gasteiger partial charge in [0.2, 0.25) is 0 Å². The Hall–Kier alpha value is -0.120. The summed E-state index contributed by atoms with van der Waals surface area (Å²) >= 11 is 0. The van der Waals surface area contributed by atoms with Gasteiger partial charge in [-0.15, -0.1) is 0 Å². The smallest absolute Gasteiger partial charge is 0.0309 e. The van der Waals surface area contributed by atoms with E-state index in [0.29, 0.717) is 11.6 Å². The van der Waals surface area contributed by atoms with Crippen LogP contribution in [0.4, 0.5) is 0 Å². The van der Waals surface area contributed by atoms with Crippen LogP contribution in [0.5, 0.6) is 0 Å². The van der Waals surface area contributed by atoms with E-state index in [1.165, 1.54) is 77.7 Å². The first-order chi connectivity index (χ1) is 9.61. The first-order valence-corrected chi connectivity index (χ1v) is 8.79. The van der Waals surface area contributed by atoms with E-state index in [2.05, 4.69) is 36.0 Å². The fraction of sp³-hybridized carbons (Fsp3) is 1.00. The minimum absolute atomic E-state index is 0.477. The molecule has 0 aromatic carbocycles. The van der Waals surface area contributed by atoms with Crippen LogP contribution in [0.3, 0.4) is 0 Å². The minimum atomic E-state index is 0.477. The monoisotopic (exact) mass is 281 g/mol. The van der Waals surface area contributed by atoms with Crippen LogP contribution in [0.25, 0.3) is 0 Å². The van der Waals surface area contributed by atoms with Gasteiger partial charge in [0.25, 0.3) is 0 Å². The standard InChI is InChI=1S/C17H35N3/c1-16(2)19(3)12-7-8-13-20-14-11-18-17(15-20)9-5-4-6-10-17/h16,18H,4-15H2,1-3H3. The van der Waals surface area contributed by atoms with Crippen LogP contribution in [-0.2, 0) is 0 Å². The van der Waals surface area contributed by atoms with Crippen LogP contribution < -0.4 is 5.32 Å². The largest absolute Gasteiger partial charge is 0.309 e. The number of unbranched alkanes of at least 4 members (excludes halogenated alkanes) is 1. The van der Waals surface area contributed by atoms with Crippen molar-refractivity contribution in [2.45, 2.75) is 70.4 Å². The Morgan fingerprint density at radius 1 is 1.15 bits per heavy atom. The Kier molecular flexibility index (Phi) is 6.31. The van der Waals surface area contributed by atoms with E-state index in [1.807, 2.05) is 0 Å². The van der Waals surface area contributed by atoms with Gasteiger partial charge in [0.1, 0.15) is 0 Å². The molecule has 0 atom stereocenters. The second-order valence-corrected chi connectivity index (χ2v) is 7.33. The normalized spacial score (nSPS) is 23.9. The molecule has 3 heteroatoms. The maximum atomic E-state index is 3.84. The van der Waals surface area contributed by atoms with Gasteiger partial charge in [-0.1, -0.05) is 19.3 Å². The summed E-state index contributed by atoms with van der Waals surface area (Å²) in [6.07, 6.45) is 9.81. The van der Waals surface area contributed by atoms with Gasteiger partial charge in [0.15, 0.2) is 0 Å². The van der Waals surface area contributed by atoms with Crippen LogP contribution in [0, 0.1) is 0 Å². The fourth-order valence-electron chi connectivity index (χ4n) is 3.75. The van der Waals surface area contributed by atoms with Gasteiger partial charge >= 0.3 is 0 Å². The molecule has 0 aromatic rings. The van der Waals surface area contributed by atoms with Crippen molar-refractivity contribution in [2.24, 2.45) is 0 Å².